The highest BCUT2D eigenvalue weighted by Gasteiger charge is 2.21. The molecule has 0 bridgehead atoms. The number of ketones is 1. The Morgan fingerprint density at radius 1 is 1.38 bits per heavy atom. The van der Waals surface area contributed by atoms with Crippen molar-refractivity contribution < 1.29 is 9.53 Å². The minimum Gasteiger partial charge on any atom is -0.376 e. The summed E-state index contributed by atoms with van der Waals surface area (Å²) >= 11 is 4.87. The third kappa shape index (κ3) is 4.49. The van der Waals surface area contributed by atoms with E-state index >= 15 is 0 Å². The molecule has 2 aromatic heterocycles. The molecule has 3 aromatic rings. The van der Waals surface area contributed by atoms with E-state index in [4.69, 9.17) is 4.74 Å². The van der Waals surface area contributed by atoms with Gasteiger partial charge in [0.25, 0.3) is 0 Å². The first-order valence-electron chi connectivity index (χ1n) is 9.64. The lowest BCUT2D eigenvalue weighted by Crippen LogP contribution is -2.17. The van der Waals surface area contributed by atoms with Gasteiger partial charge < -0.3 is 9.30 Å². The summed E-state index contributed by atoms with van der Waals surface area (Å²) in [6.07, 6.45) is 2.45. The number of H-pyrrole nitrogens is 1. The molecule has 152 valence electrons. The quantitative estimate of drug-likeness (QED) is 0.392. The van der Waals surface area contributed by atoms with Gasteiger partial charge in [-0.15, -0.1) is 5.10 Å². The number of aromatic nitrogens is 4. The first-order chi connectivity index (χ1) is 14.0. The van der Waals surface area contributed by atoms with Gasteiger partial charge in [-0.2, -0.15) is 0 Å². The van der Waals surface area contributed by atoms with E-state index in [-0.39, 0.29) is 11.9 Å². The van der Waals surface area contributed by atoms with Crippen LogP contribution in [-0.4, -0.2) is 44.0 Å². The monoisotopic (exact) mass is 474 g/mol. The molecule has 8 heteroatoms. The number of benzene rings is 1. The van der Waals surface area contributed by atoms with Gasteiger partial charge in [-0.1, -0.05) is 45.9 Å². The number of nitrogens with one attached hydrogen (secondary N) is 1. The van der Waals surface area contributed by atoms with Crippen LogP contribution in [-0.2, 0) is 11.3 Å². The molecule has 0 amide bonds. The molecule has 29 heavy (non-hydrogen) atoms. The maximum Gasteiger partial charge on any atom is 0.209 e. The molecule has 0 saturated carbocycles. The summed E-state index contributed by atoms with van der Waals surface area (Å²) in [4.78, 5) is 17.3. The number of carbonyl (C=O) groups excluding carboxylic acids is 1. The minimum atomic E-state index is 0.0916. The molecule has 0 spiro atoms. The van der Waals surface area contributed by atoms with E-state index in [0.717, 1.165) is 53.0 Å². The summed E-state index contributed by atoms with van der Waals surface area (Å²) in [7, 11) is 0. The summed E-state index contributed by atoms with van der Waals surface area (Å²) in [6.45, 7) is 5.71. The fourth-order valence-electron chi connectivity index (χ4n) is 3.65. The van der Waals surface area contributed by atoms with E-state index in [2.05, 4.69) is 35.7 Å². The summed E-state index contributed by atoms with van der Waals surface area (Å²) < 4.78 is 8.90. The molecule has 0 radical (unpaired) electrons. The minimum absolute atomic E-state index is 0.0916. The van der Waals surface area contributed by atoms with Crippen molar-refractivity contribution in [2.24, 2.45) is 0 Å². The Morgan fingerprint density at radius 3 is 2.97 bits per heavy atom. The van der Waals surface area contributed by atoms with Crippen LogP contribution in [0.25, 0.3) is 11.4 Å². The van der Waals surface area contributed by atoms with Gasteiger partial charge in [0, 0.05) is 40.1 Å². The molecular formula is C21H23BrN4O2S. The van der Waals surface area contributed by atoms with Crippen LogP contribution < -0.4 is 0 Å². The summed E-state index contributed by atoms with van der Waals surface area (Å²) in [5, 5.41) is 7.76. The van der Waals surface area contributed by atoms with Crippen LogP contribution in [0.3, 0.4) is 0 Å². The molecule has 3 heterocycles. The van der Waals surface area contributed by atoms with Crippen LogP contribution in [0.5, 0.6) is 0 Å². The molecule has 6 nitrogen and oxygen atoms in total. The fraction of sp³-hybridized carbons (Fsp3) is 0.381. The SMILES string of the molecule is Cc1cc(C(=O)CSc2n[nH]c(-c3ccccc3Br)n2)c(C)n1C[C@@H]1CCCO1. The smallest absolute Gasteiger partial charge is 0.209 e. The van der Waals surface area contributed by atoms with Crippen molar-refractivity contribution in [2.75, 3.05) is 12.4 Å². The Bertz CT molecular complexity index is 1020. The zero-order valence-electron chi connectivity index (χ0n) is 16.4. The van der Waals surface area contributed by atoms with Gasteiger partial charge in [-0.3, -0.25) is 9.89 Å². The second-order valence-corrected chi connectivity index (χ2v) is 8.99. The van der Waals surface area contributed by atoms with Crippen LogP contribution in [0, 0.1) is 13.8 Å². The second-order valence-electron chi connectivity index (χ2n) is 7.19. The maximum atomic E-state index is 12.8. The predicted molar refractivity (Wildman–Crippen MR) is 117 cm³/mol. The first kappa shape index (κ1) is 20.4. The Balaban J connectivity index is 1.42. The lowest BCUT2D eigenvalue weighted by Gasteiger charge is -2.14. The number of rotatable bonds is 7. The van der Waals surface area contributed by atoms with Gasteiger partial charge in [0.2, 0.25) is 5.16 Å². The van der Waals surface area contributed by atoms with Crippen LogP contribution in [0.4, 0.5) is 0 Å². The molecule has 1 aliphatic rings. The topological polar surface area (TPSA) is 72.8 Å². The number of carbonyl (C=O) groups is 1. The van der Waals surface area contributed by atoms with Crippen LogP contribution >= 0.6 is 27.7 Å². The Kier molecular flexibility index (Phi) is 6.22. The third-order valence-corrected chi connectivity index (χ3v) is 6.75. The molecule has 1 atom stereocenters. The molecule has 1 saturated heterocycles. The number of hydrogen-bond donors (Lipinski definition) is 1. The zero-order valence-corrected chi connectivity index (χ0v) is 18.8. The number of nitrogens with zero attached hydrogens (tertiary/aromatic N) is 3. The van der Waals surface area contributed by atoms with Gasteiger partial charge in [0.1, 0.15) is 0 Å². The van der Waals surface area contributed by atoms with E-state index in [1.165, 1.54) is 11.8 Å². The zero-order chi connectivity index (χ0) is 20.4. The number of Topliss-reactive ketones (excluding diaryl/α,β-unsaturated/α-hetero) is 1. The van der Waals surface area contributed by atoms with Crippen molar-refractivity contribution in [3.63, 3.8) is 0 Å². The molecule has 0 unspecified atom stereocenters. The van der Waals surface area contributed by atoms with Gasteiger partial charge in [0.15, 0.2) is 11.6 Å². The van der Waals surface area contributed by atoms with Crippen molar-refractivity contribution in [2.45, 2.75) is 44.5 Å². The molecular weight excluding hydrogens is 452 g/mol. The van der Waals surface area contributed by atoms with E-state index in [1.807, 2.05) is 44.2 Å². The number of thioether (sulfide) groups is 1. The van der Waals surface area contributed by atoms with Crippen molar-refractivity contribution in [1.29, 1.82) is 0 Å². The lowest BCUT2D eigenvalue weighted by molar-refractivity contribution is 0.0957. The molecule has 1 aliphatic heterocycles. The number of hydrogen-bond acceptors (Lipinski definition) is 5. The number of halogens is 1. The predicted octanol–water partition coefficient (Wildman–Crippen LogP) is 4.81. The third-order valence-electron chi connectivity index (χ3n) is 5.21. The Labute approximate surface area is 182 Å². The first-order valence-corrected chi connectivity index (χ1v) is 11.4. The highest BCUT2D eigenvalue weighted by atomic mass is 79.9. The Morgan fingerprint density at radius 2 is 2.21 bits per heavy atom. The molecule has 1 N–H and O–H groups in total. The van der Waals surface area contributed by atoms with Crippen LogP contribution in [0.15, 0.2) is 40.0 Å². The molecule has 1 fully saturated rings. The van der Waals surface area contributed by atoms with E-state index < -0.39 is 0 Å². The molecule has 4 rings (SSSR count). The number of aryl methyl sites for hydroxylation is 1. The van der Waals surface area contributed by atoms with E-state index in [0.29, 0.717) is 16.7 Å². The summed E-state index contributed by atoms with van der Waals surface area (Å²) in [6, 6.07) is 9.81. The maximum absolute atomic E-state index is 12.8. The average molecular weight is 475 g/mol. The largest absolute Gasteiger partial charge is 0.376 e. The second kappa shape index (κ2) is 8.85. The van der Waals surface area contributed by atoms with Crippen LogP contribution in [0.1, 0.15) is 34.6 Å². The molecule has 0 aliphatic carbocycles. The van der Waals surface area contributed by atoms with Gasteiger partial charge in [-0.05, 0) is 38.8 Å². The van der Waals surface area contributed by atoms with Gasteiger partial charge in [-0.25, -0.2) is 4.98 Å². The van der Waals surface area contributed by atoms with Crippen molar-refractivity contribution in [3.05, 3.63) is 51.8 Å². The van der Waals surface area contributed by atoms with E-state index in [1.54, 1.807) is 0 Å². The summed E-state index contributed by atoms with van der Waals surface area (Å²) in [5.41, 5.74) is 3.82. The number of aromatic amines is 1. The average Bonchev–Trinajstić information content (AvgIpc) is 3.44. The standard InChI is InChI=1S/C21H23BrN4O2S/c1-13-10-17(14(2)26(13)11-15-6-5-9-28-15)19(27)12-29-21-23-20(24-25-21)16-7-3-4-8-18(16)22/h3-4,7-8,10,15H,5-6,9,11-12H2,1-2H3,(H,23,24,25)/t15-/m0/s1. The highest BCUT2D eigenvalue weighted by Crippen LogP contribution is 2.27. The van der Waals surface area contributed by atoms with Crippen molar-refractivity contribution in [3.8, 4) is 11.4 Å². The van der Waals surface area contributed by atoms with Crippen LogP contribution in [0.2, 0.25) is 0 Å². The molecule has 1 aromatic carbocycles. The lowest BCUT2D eigenvalue weighted by atomic mass is 10.2. The fourth-order valence-corrected chi connectivity index (χ4v) is 4.80. The highest BCUT2D eigenvalue weighted by molar-refractivity contribution is 9.10. The Hall–Kier alpha value is -1.90. The van der Waals surface area contributed by atoms with Crippen molar-refractivity contribution >= 4 is 33.5 Å². The number of ether oxygens (including phenoxy) is 1. The normalized spacial score (nSPS) is 16.4. The summed E-state index contributed by atoms with van der Waals surface area (Å²) in [5.74, 6) is 1.08. The van der Waals surface area contributed by atoms with Gasteiger partial charge in [0.05, 0.1) is 11.9 Å². The van der Waals surface area contributed by atoms with Gasteiger partial charge >= 0.3 is 0 Å². The van der Waals surface area contributed by atoms with E-state index in [9.17, 15) is 4.79 Å². The van der Waals surface area contributed by atoms with Crippen molar-refractivity contribution in [1.82, 2.24) is 19.7 Å².